The molecule has 0 atom stereocenters. The van der Waals surface area contributed by atoms with Gasteiger partial charge in [0.05, 0.1) is 19.0 Å². The van der Waals surface area contributed by atoms with Gasteiger partial charge in [0.25, 0.3) is 0 Å². The number of hydrogen-bond donors (Lipinski definition) is 2. The molecule has 124 valence electrons. The molecule has 1 saturated heterocycles. The highest BCUT2D eigenvalue weighted by Gasteiger charge is 2.23. The quantitative estimate of drug-likeness (QED) is 0.504. The zero-order valence-electron chi connectivity index (χ0n) is 13.3. The molecule has 0 aromatic heterocycles. The minimum atomic E-state index is -3.21. The summed E-state index contributed by atoms with van der Waals surface area (Å²) in [6.45, 7) is 7.34. The lowest BCUT2D eigenvalue weighted by molar-refractivity contribution is 0.0730. The first-order valence-electron chi connectivity index (χ1n) is 7.46. The Balaban J connectivity index is 2.30. The van der Waals surface area contributed by atoms with Gasteiger partial charge in [0.1, 0.15) is 0 Å². The van der Waals surface area contributed by atoms with Crippen LogP contribution in [0.15, 0.2) is 4.99 Å². The van der Waals surface area contributed by atoms with Crippen molar-refractivity contribution in [3.8, 4) is 0 Å². The van der Waals surface area contributed by atoms with Gasteiger partial charge in [0.15, 0.2) is 5.96 Å². The fourth-order valence-electron chi connectivity index (χ4n) is 1.95. The molecule has 0 aromatic rings. The predicted molar refractivity (Wildman–Crippen MR) is 85.0 cm³/mol. The first-order chi connectivity index (χ1) is 9.95. The zero-order valence-corrected chi connectivity index (χ0v) is 14.1. The van der Waals surface area contributed by atoms with Gasteiger partial charge in [-0.3, -0.25) is 4.99 Å². The number of guanidine groups is 1. The molecule has 1 heterocycles. The van der Waals surface area contributed by atoms with Crippen molar-refractivity contribution in [1.82, 2.24) is 14.9 Å². The third-order valence-corrected chi connectivity index (χ3v) is 5.13. The van der Waals surface area contributed by atoms with Crippen molar-refractivity contribution in [2.75, 3.05) is 52.2 Å². The van der Waals surface area contributed by atoms with Crippen LogP contribution in [0.5, 0.6) is 0 Å². The Bertz CT molecular complexity index is 417. The summed E-state index contributed by atoms with van der Waals surface area (Å²) in [4.78, 5) is 4.08. The van der Waals surface area contributed by atoms with E-state index in [1.165, 1.54) is 4.31 Å². The SMILES string of the molecule is CN=C(NCCC(C)C)NCCS(=O)(=O)N1CCOCC1. The van der Waals surface area contributed by atoms with E-state index in [4.69, 9.17) is 4.74 Å². The largest absolute Gasteiger partial charge is 0.379 e. The molecule has 1 aliphatic rings. The lowest BCUT2D eigenvalue weighted by atomic mass is 10.1. The molecule has 7 nitrogen and oxygen atoms in total. The van der Waals surface area contributed by atoms with Crippen LogP contribution in [0.1, 0.15) is 20.3 Å². The molecule has 1 aliphatic heterocycles. The summed E-state index contributed by atoms with van der Waals surface area (Å²) in [6, 6.07) is 0. The number of ether oxygens (including phenoxy) is 1. The van der Waals surface area contributed by atoms with E-state index in [-0.39, 0.29) is 5.75 Å². The number of aliphatic imine (C=N–C) groups is 1. The fraction of sp³-hybridized carbons (Fsp3) is 0.923. The van der Waals surface area contributed by atoms with E-state index in [0.717, 1.165) is 13.0 Å². The predicted octanol–water partition coefficient (Wildman–Crippen LogP) is -0.140. The van der Waals surface area contributed by atoms with E-state index in [1.807, 2.05) is 0 Å². The Kier molecular flexibility index (Phi) is 7.98. The first-order valence-corrected chi connectivity index (χ1v) is 9.06. The van der Waals surface area contributed by atoms with E-state index in [1.54, 1.807) is 7.05 Å². The molecule has 0 bridgehead atoms. The highest BCUT2D eigenvalue weighted by atomic mass is 32.2. The molecule has 0 amide bonds. The number of nitrogens with one attached hydrogen (secondary N) is 2. The van der Waals surface area contributed by atoms with Gasteiger partial charge in [-0.2, -0.15) is 4.31 Å². The Morgan fingerprint density at radius 1 is 1.24 bits per heavy atom. The number of nitrogens with zero attached hydrogens (tertiary/aromatic N) is 2. The van der Waals surface area contributed by atoms with Crippen LogP contribution in [0.25, 0.3) is 0 Å². The van der Waals surface area contributed by atoms with E-state index >= 15 is 0 Å². The van der Waals surface area contributed by atoms with Crippen molar-refractivity contribution < 1.29 is 13.2 Å². The second-order valence-electron chi connectivity index (χ2n) is 5.44. The van der Waals surface area contributed by atoms with E-state index in [9.17, 15) is 8.42 Å². The minimum Gasteiger partial charge on any atom is -0.379 e. The third kappa shape index (κ3) is 7.10. The van der Waals surface area contributed by atoms with Gasteiger partial charge >= 0.3 is 0 Å². The Morgan fingerprint density at radius 3 is 2.43 bits per heavy atom. The summed E-state index contributed by atoms with van der Waals surface area (Å²) in [6.07, 6.45) is 1.05. The van der Waals surface area contributed by atoms with Crippen LogP contribution in [0.4, 0.5) is 0 Å². The van der Waals surface area contributed by atoms with Gasteiger partial charge in [-0.1, -0.05) is 13.8 Å². The Morgan fingerprint density at radius 2 is 1.86 bits per heavy atom. The summed E-state index contributed by atoms with van der Waals surface area (Å²) in [5.74, 6) is 1.34. The van der Waals surface area contributed by atoms with Crippen LogP contribution in [-0.4, -0.2) is 70.9 Å². The highest BCUT2D eigenvalue weighted by Crippen LogP contribution is 2.04. The summed E-state index contributed by atoms with van der Waals surface area (Å²) in [5.41, 5.74) is 0. The molecule has 0 saturated carbocycles. The maximum absolute atomic E-state index is 12.1. The molecule has 0 aromatic carbocycles. The zero-order chi connectivity index (χ0) is 15.7. The maximum Gasteiger partial charge on any atom is 0.215 e. The number of hydrogen-bond acceptors (Lipinski definition) is 4. The normalized spacial score (nSPS) is 18.0. The van der Waals surface area contributed by atoms with Crippen molar-refractivity contribution >= 4 is 16.0 Å². The molecule has 0 aliphatic carbocycles. The Hall–Kier alpha value is -0.860. The molecule has 0 spiro atoms. The summed E-state index contributed by atoms with van der Waals surface area (Å²) in [5, 5.41) is 6.22. The fourth-order valence-corrected chi connectivity index (χ4v) is 3.28. The van der Waals surface area contributed by atoms with Gasteiger partial charge in [-0.25, -0.2) is 8.42 Å². The van der Waals surface area contributed by atoms with Crippen LogP contribution >= 0.6 is 0 Å². The van der Waals surface area contributed by atoms with E-state index < -0.39 is 10.0 Å². The second kappa shape index (κ2) is 9.22. The number of rotatable bonds is 7. The molecule has 21 heavy (non-hydrogen) atoms. The van der Waals surface area contributed by atoms with Crippen LogP contribution in [0.3, 0.4) is 0 Å². The van der Waals surface area contributed by atoms with Gasteiger partial charge in [0.2, 0.25) is 10.0 Å². The first kappa shape index (κ1) is 18.2. The molecule has 8 heteroatoms. The maximum atomic E-state index is 12.1. The smallest absolute Gasteiger partial charge is 0.215 e. The van der Waals surface area contributed by atoms with Gasteiger partial charge in [-0.05, 0) is 12.3 Å². The minimum absolute atomic E-state index is 0.0673. The van der Waals surface area contributed by atoms with Crippen LogP contribution in [-0.2, 0) is 14.8 Å². The average molecular weight is 320 g/mol. The van der Waals surface area contributed by atoms with Gasteiger partial charge in [-0.15, -0.1) is 0 Å². The lowest BCUT2D eigenvalue weighted by Gasteiger charge is -2.26. The molecule has 1 fully saturated rings. The monoisotopic (exact) mass is 320 g/mol. The van der Waals surface area contributed by atoms with E-state index in [2.05, 4.69) is 29.5 Å². The summed E-state index contributed by atoms with van der Waals surface area (Å²) >= 11 is 0. The lowest BCUT2D eigenvalue weighted by Crippen LogP contribution is -2.45. The molecule has 0 unspecified atom stereocenters. The highest BCUT2D eigenvalue weighted by molar-refractivity contribution is 7.89. The molecule has 2 N–H and O–H groups in total. The van der Waals surface area contributed by atoms with Gasteiger partial charge < -0.3 is 15.4 Å². The van der Waals surface area contributed by atoms with Crippen molar-refractivity contribution in [2.24, 2.45) is 10.9 Å². The summed E-state index contributed by atoms with van der Waals surface area (Å²) in [7, 11) is -1.53. The number of morpholine rings is 1. The Labute approximate surface area is 128 Å². The van der Waals surface area contributed by atoms with E-state index in [0.29, 0.717) is 44.7 Å². The average Bonchev–Trinajstić information content (AvgIpc) is 2.46. The van der Waals surface area contributed by atoms with Crippen molar-refractivity contribution in [3.05, 3.63) is 0 Å². The molecular weight excluding hydrogens is 292 g/mol. The third-order valence-electron chi connectivity index (χ3n) is 3.25. The van der Waals surface area contributed by atoms with Crippen LogP contribution in [0.2, 0.25) is 0 Å². The van der Waals surface area contributed by atoms with Crippen LogP contribution < -0.4 is 10.6 Å². The van der Waals surface area contributed by atoms with Crippen molar-refractivity contribution in [2.45, 2.75) is 20.3 Å². The van der Waals surface area contributed by atoms with Gasteiger partial charge in [0, 0.05) is 33.2 Å². The van der Waals surface area contributed by atoms with Crippen LogP contribution in [0, 0.1) is 5.92 Å². The molecule has 1 rings (SSSR count). The van der Waals surface area contributed by atoms with Crippen molar-refractivity contribution in [3.63, 3.8) is 0 Å². The van der Waals surface area contributed by atoms with Crippen molar-refractivity contribution in [1.29, 1.82) is 0 Å². The second-order valence-corrected chi connectivity index (χ2v) is 7.52. The summed E-state index contributed by atoms with van der Waals surface area (Å²) < 4.78 is 30.9. The standard InChI is InChI=1S/C13H28N4O3S/c1-12(2)4-5-15-13(14-3)16-6-11-21(18,19)17-7-9-20-10-8-17/h12H,4-11H2,1-3H3,(H2,14,15,16). The molecule has 0 radical (unpaired) electrons. The molecular formula is C13H28N4O3S. The number of sulfonamides is 1. The topological polar surface area (TPSA) is 83.0 Å².